The summed E-state index contributed by atoms with van der Waals surface area (Å²) >= 11 is 3.40. The fourth-order valence-electron chi connectivity index (χ4n) is 1.59. The molecule has 5 nitrogen and oxygen atoms in total. The largest absolute Gasteiger partial charge is 0.389 e. The second kappa shape index (κ2) is 7.47. The second-order valence-corrected chi connectivity index (χ2v) is 5.24. The van der Waals surface area contributed by atoms with Crippen LogP contribution in [0.4, 0.5) is 10.5 Å². The molecule has 0 fully saturated rings. The third kappa shape index (κ3) is 5.18. The summed E-state index contributed by atoms with van der Waals surface area (Å²) in [6.07, 6.45) is -0.688. The number of amides is 2. The minimum absolute atomic E-state index is 0.203. The molecule has 0 bridgehead atoms. The molecule has 2 amide bonds. The summed E-state index contributed by atoms with van der Waals surface area (Å²) < 4.78 is 5.81. The molecule has 0 saturated carbocycles. The first kappa shape index (κ1) is 15.9. The Kier molecular flexibility index (Phi) is 6.27. The van der Waals surface area contributed by atoms with Crippen molar-refractivity contribution in [1.29, 1.82) is 0 Å². The Morgan fingerprint density at radius 1 is 1.58 bits per heavy atom. The lowest BCUT2D eigenvalue weighted by molar-refractivity contribution is 0.0501. The number of likely N-dealkylation sites (N-methyl/N-ethyl adjacent to an activating group) is 1. The van der Waals surface area contributed by atoms with Gasteiger partial charge < -0.3 is 20.1 Å². The zero-order valence-electron chi connectivity index (χ0n) is 11.3. The van der Waals surface area contributed by atoms with E-state index < -0.39 is 6.10 Å². The summed E-state index contributed by atoms with van der Waals surface area (Å²) in [5.74, 6) is 0. The molecule has 0 aromatic heterocycles. The molecule has 1 aromatic carbocycles. The Morgan fingerprint density at radius 3 is 2.84 bits per heavy atom. The molecule has 0 aliphatic rings. The molecule has 1 rings (SSSR count). The molecule has 0 saturated heterocycles. The van der Waals surface area contributed by atoms with E-state index in [9.17, 15) is 9.90 Å². The van der Waals surface area contributed by atoms with E-state index in [0.29, 0.717) is 0 Å². The van der Waals surface area contributed by atoms with Crippen molar-refractivity contribution in [3.8, 4) is 0 Å². The van der Waals surface area contributed by atoms with Crippen LogP contribution in [-0.4, -0.2) is 49.5 Å². The highest BCUT2D eigenvalue weighted by atomic mass is 79.9. The van der Waals surface area contributed by atoms with Crippen LogP contribution in [0.15, 0.2) is 22.7 Å². The minimum atomic E-state index is -0.688. The number of benzene rings is 1. The predicted molar refractivity (Wildman–Crippen MR) is 78.4 cm³/mol. The third-order valence-electron chi connectivity index (χ3n) is 2.60. The number of halogens is 1. The summed E-state index contributed by atoms with van der Waals surface area (Å²) in [7, 11) is 3.13. The lowest BCUT2D eigenvalue weighted by Crippen LogP contribution is -2.38. The van der Waals surface area contributed by atoms with Crippen LogP contribution < -0.4 is 5.32 Å². The van der Waals surface area contributed by atoms with Crippen molar-refractivity contribution in [2.45, 2.75) is 13.0 Å². The van der Waals surface area contributed by atoms with Gasteiger partial charge in [0, 0.05) is 24.3 Å². The van der Waals surface area contributed by atoms with Crippen LogP contribution in [0.1, 0.15) is 5.56 Å². The number of hydrogen-bond acceptors (Lipinski definition) is 3. The molecule has 0 spiro atoms. The first-order valence-corrected chi connectivity index (χ1v) is 6.68. The molecule has 0 heterocycles. The van der Waals surface area contributed by atoms with Gasteiger partial charge in [-0.2, -0.15) is 0 Å². The molecular weight excluding hydrogens is 312 g/mol. The van der Waals surface area contributed by atoms with Crippen molar-refractivity contribution < 1.29 is 14.6 Å². The predicted octanol–water partition coefficient (Wildman–Crippen LogP) is 2.23. The zero-order chi connectivity index (χ0) is 14.4. The SMILES string of the molecule is COCC(O)CN(C)C(=O)Nc1ccc(Br)c(C)c1. The van der Waals surface area contributed by atoms with E-state index in [0.717, 1.165) is 15.7 Å². The highest BCUT2D eigenvalue weighted by Gasteiger charge is 2.13. The summed E-state index contributed by atoms with van der Waals surface area (Å²) in [6.45, 7) is 2.37. The van der Waals surface area contributed by atoms with Crippen molar-refractivity contribution in [3.05, 3.63) is 28.2 Å². The number of aryl methyl sites for hydroxylation is 1. The lowest BCUT2D eigenvalue weighted by atomic mass is 10.2. The Bertz CT molecular complexity index is 440. The first-order valence-electron chi connectivity index (χ1n) is 5.89. The van der Waals surface area contributed by atoms with Gasteiger partial charge in [-0.1, -0.05) is 15.9 Å². The van der Waals surface area contributed by atoms with Crippen LogP contribution in [0.25, 0.3) is 0 Å². The highest BCUT2D eigenvalue weighted by molar-refractivity contribution is 9.10. The van der Waals surface area contributed by atoms with Gasteiger partial charge in [0.05, 0.1) is 19.3 Å². The van der Waals surface area contributed by atoms with Gasteiger partial charge in [0.25, 0.3) is 0 Å². The van der Waals surface area contributed by atoms with Crippen molar-refractivity contribution >= 4 is 27.6 Å². The molecule has 0 radical (unpaired) electrons. The van der Waals surface area contributed by atoms with E-state index in [-0.39, 0.29) is 19.2 Å². The fraction of sp³-hybridized carbons (Fsp3) is 0.462. The normalized spacial score (nSPS) is 12.1. The van der Waals surface area contributed by atoms with Gasteiger partial charge in [-0.05, 0) is 30.7 Å². The summed E-state index contributed by atoms with van der Waals surface area (Å²) in [4.78, 5) is 13.3. The van der Waals surface area contributed by atoms with Crippen LogP contribution >= 0.6 is 15.9 Å². The Hall–Kier alpha value is -1.11. The number of carbonyl (C=O) groups excluding carboxylic acids is 1. The summed E-state index contributed by atoms with van der Waals surface area (Å²) in [5.41, 5.74) is 1.76. The Balaban J connectivity index is 2.56. The van der Waals surface area contributed by atoms with Gasteiger partial charge in [0.1, 0.15) is 0 Å². The molecule has 1 unspecified atom stereocenters. The maximum atomic E-state index is 11.9. The van der Waals surface area contributed by atoms with Crippen molar-refractivity contribution in [3.63, 3.8) is 0 Å². The van der Waals surface area contributed by atoms with E-state index in [2.05, 4.69) is 21.2 Å². The van der Waals surface area contributed by atoms with E-state index in [1.807, 2.05) is 25.1 Å². The first-order chi connectivity index (χ1) is 8.93. The molecule has 0 aliphatic carbocycles. The van der Waals surface area contributed by atoms with Gasteiger partial charge in [-0.25, -0.2) is 4.79 Å². The van der Waals surface area contributed by atoms with Crippen LogP contribution in [-0.2, 0) is 4.74 Å². The number of anilines is 1. The van der Waals surface area contributed by atoms with E-state index in [4.69, 9.17) is 4.74 Å². The number of nitrogens with one attached hydrogen (secondary N) is 1. The molecule has 2 N–H and O–H groups in total. The molecule has 0 aliphatic heterocycles. The summed E-state index contributed by atoms with van der Waals surface area (Å²) in [5, 5.41) is 12.3. The van der Waals surface area contributed by atoms with Crippen molar-refractivity contribution in [1.82, 2.24) is 4.90 Å². The van der Waals surface area contributed by atoms with Crippen LogP contribution in [0, 0.1) is 6.92 Å². The van der Waals surface area contributed by atoms with Crippen LogP contribution in [0.2, 0.25) is 0 Å². The average molecular weight is 331 g/mol. The van der Waals surface area contributed by atoms with Gasteiger partial charge in [-0.15, -0.1) is 0 Å². The number of carbonyl (C=O) groups is 1. The Labute approximate surface area is 121 Å². The van der Waals surface area contributed by atoms with Crippen LogP contribution in [0.3, 0.4) is 0 Å². The molecule has 6 heteroatoms. The third-order valence-corrected chi connectivity index (χ3v) is 3.49. The Morgan fingerprint density at radius 2 is 2.26 bits per heavy atom. The molecule has 1 aromatic rings. The maximum Gasteiger partial charge on any atom is 0.321 e. The molecule has 106 valence electrons. The van der Waals surface area contributed by atoms with Gasteiger partial charge in [-0.3, -0.25) is 0 Å². The van der Waals surface area contributed by atoms with E-state index in [1.54, 1.807) is 7.05 Å². The zero-order valence-corrected chi connectivity index (χ0v) is 12.9. The topological polar surface area (TPSA) is 61.8 Å². The standard InChI is InChI=1S/C13H19BrN2O3/c1-9-6-10(4-5-12(9)14)15-13(18)16(2)7-11(17)8-19-3/h4-6,11,17H,7-8H2,1-3H3,(H,15,18). The smallest absolute Gasteiger partial charge is 0.321 e. The maximum absolute atomic E-state index is 11.9. The monoisotopic (exact) mass is 330 g/mol. The van der Waals surface area contributed by atoms with E-state index >= 15 is 0 Å². The summed E-state index contributed by atoms with van der Waals surface area (Å²) in [6, 6.07) is 5.30. The van der Waals surface area contributed by atoms with Gasteiger partial charge >= 0.3 is 6.03 Å². The number of rotatable bonds is 5. The second-order valence-electron chi connectivity index (χ2n) is 4.38. The van der Waals surface area contributed by atoms with Gasteiger partial charge in [0.15, 0.2) is 0 Å². The van der Waals surface area contributed by atoms with Gasteiger partial charge in [0.2, 0.25) is 0 Å². The number of methoxy groups -OCH3 is 1. The quantitative estimate of drug-likeness (QED) is 0.870. The average Bonchev–Trinajstić information content (AvgIpc) is 2.34. The van der Waals surface area contributed by atoms with Crippen molar-refractivity contribution in [2.75, 3.05) is 32.6 Å². The highest BCUT2D eigenvalue weighted by Crippen LogP contribution is 2.20. The van der Waals surface area contributed by atoms with E-state index in [1.165, 1.54) is 12.0 Å². The minimum Gasteiger partial charge on any atom is -0.389 e. The lowest BCUT2D eigenvalue weighted by Gasteiger charge is -2.21. The number of urea groups is 1. The molecule has 19 heavy (non-hydrogen) atoms. The molecule has 1 atom stereocenters. The number of ether oxygens (including phenoxy) is 1. The number of hydrogen-bond donors (Lipinski definition) is 2. The number of aliphatic hydroxyl groups is 1. The number of nitrogens with zero attached hydrogens (tertiary/aromatic N) is 1. The number of aliphatic hydroxyl groups excluding tert-OH is 1. The fourth-order valence-corrected chi connectivity index (χ4v) is 1.83. The van der Waals surface area contributed by atoms with Crippen molar-refractivity contribution in [2.24, 2.45) is 0 Å². The molecular formula is C13H19BrN2O3. The van der Waals surface area contributed by atoms with Crippen LogP contribution in [0.5, 0.6) is 0 Å².